The van der Waals surface area contributed by atoms with Crippen molar-refractivity contribution in [3.63, 3.8) is 0 Å². The lowest BCUT2D eigenvalue weighted by Crippen LogP contribution is -2.78. The fraction of sp³-hybridized carbons (Fsp3) is 0.500. The molecule has 0 aromatic rings. The molecule has 82 valence electrons. The fourth-order valence-corrected chi connectivity index (χ4v) is 0.884. The van der Waals surface area contributed by atoms with Crippen molar-refractivity contribution in [1.82, 2.24) is 0 Å². The van der Waals surface area contributed by atoms with Crippen molar-refractivity contribution >= 4 is 10.4 Å². The molecule has 0 atom stereocenters. The van der Waals surface area contributed by atoms with Crippen LogP contribution in [0.5, 0.6) is 0 Å². The number of hydrogen-bond acceptors (Lipinski definition) is 4. The second kappa shape index (κ2) is 6.72. The molecule has 0 aliphatic carbocycles. The second-order valence-electron chi connectivity index (χ2n) is 2.49. The molecule has 0 heterocycles. The van der Waals surface area contributed by atoms with E-state index in [4.69, 9.17) is 0 Å². The lowest BCUT2D eigenvalue weighted by Gasteiger charge is -1.98. The summed E-state index contributed by atoms with van der Waals surface area (Å²) in [6.45, 7) is 3.84. The molecule has 0 fully saturated rings. The summed E-state index contributed by atoms with van der Waals surface area (Å²) in [5, 5.41) is 1.59. The highest BCUT2D eigenvalue weighted by molar-refractivity contribution is 7.81. The summed E-state index contributed by atoms with van der Waals surface area (Å²) in [6.07, 6.45) is 5.51. The standard InChI is InChI=1S/C8H15NO4S/c1-4-8(2)5-6-9-7-13-14(10,11)12-3/h4-6,9H,7H2,1-3H3/p+1. The van der Waals surface area contributed by atoms with Gasteiger partial charge >= 0.3 is 10.4 Å². The van der Waals surface area contributed by atoms with E-state index in [0.717, 1.165) is 12.7 Å². The minimum atomic E-state index is -3.81. The van der Waals surface area contributed by atoms with Gasteiger partial charge in [0.05, 0.1) is 13.3 Å². The summed E-state index contributed by atoms with van der Waals surface area (Å²) < 4.78 is 29.8. The number of rotatable bonds is 6. The molecular weight excluding hydrogens is 206 g/mol. The minimum Gasteiger partial charge on any atom is -0.296 e. The molecule has 6 heteroatoms. The molecular formula is C8H16NO4S+. The highest BCUT2D eigenvalue weighted by Gasteiger charge is 2.07. The Morgan fingerprint density at radius 3 is 2.64 bits per heavy atom. The van der Waals surface area contributed by atoms with Gasteiger partial charge in [-0.15, -0.1) is 0 Å². The first-order valence-electron chi connectivity index (χ1n) is 4.09. The van der Waals surface area contributed by atoms with Crippen LogP contribution in [0.1, 0.15) is 13.8 Å². The van der Waals surface area contributed by atoms with Crippen LogP contribution in [0.2, 0.25) is 0 Å². The largest absolute Gasteiger partial charge is 0.404 e. The predicted octanol–water partition coefficient (Wildman–Crippen LogP) is -0.105. The predicted molar refractivity (Wildman–Crippen MR) is 52.4 cm³/mol. The number of nitrogens with two attached hydrogens (primary N) is 1. The van der Waals surface area contributed by atoms with Gasteiger partial charge in [-0.3, -0.25) is 9.50 Å². The third-order valence-electron chi connectivity index (χ3n) is 1.46. The molecule has 0 aliphatic rings. The smallest absolute Gasteiger partial charge is 0.296 e. The second-order valence-corrected chi connectivity index (χ2v) is 3.87. The van der Waals surface area contributed by atoms with Crippen molar-refractivity contribution in [3.8, 4) is 0 Å². The maximum absolute atomic E-state index is 10.7. The summed E-state index contributed by atoms with van der Waals surface area (Å²) in [5.74, 6) is 0. The van der Waals surface area contributed by atoms with Crippen LogP contribution in [-0.4, -0.2) is 22.3 Å². The Morgan fingerprint density at radius 2 is 2.14 bits per heavy atom. The van der Waals surface area contributed by atoms with Crippen molar-refractivity contribution in [2.45, 2.75) is 13.8 Å². The topological polar surface area (TPSA) is 69.2 Å². The van der Waals surface area contributed by atoms with E-state index in [2.05, 4.69) is 8.37 Å². The average Bonchev–Trinajstić information content (AvgIpc) is 2.17. The molecule has 0 aromatic heterocycles. The first kappa shape index (κ1) is 13.3. The van der Waals surface area contributed by atoms with Crippen molar-refractivity contribution in [2.75, 3.05) is 13.8 Å². The molecule has 0 saturated carbocycles. The van der Waals surface area contributed by atoms with Crippen LogP contribution >= 0.6 is 0 Å². The Bertz CT molecular complexity index is 305. The molecule has 0 rings (SSSR count). The first-order chi connectivity index (χ1) is 6.52. The molecule has 0 aromatic carbocycles. The van der Waals surface area contributed by atoms with Gasteiger partial charge in [-0.25, -0.2) is 0 Å². The van der Waals surface area contributed by atoms with Crippen LogP contribution in [0.25, 0.3) is 0 Å². The number of allylic oxidation sites excluding steroid dienone is 3. The Kier molecular flexibility index (Phi) is 6.39. The minimum absolute atomic E-state index is 0.0241. The van der Waals surface area contributed by atoms with E-state index < -0.39 is 10.4 Å². The van der Waals surface area contributed by atoms with Crippen LogP contribution in [-0.2, 0) is 18.8 Å². The highest BCUT2D eigenvalue weighted by Crippen LogP contribution is 1.90. The average molecular weight is 222 g/mol. The summed E-state index contributed by atoms with van der Waals surface area (Å²) in [5.41, 5.74) is 1.09. The zero-order valence-corrected chi connectivity index (χ0v) is 9.37. The molecule has 0 spiro atoms. The highest BCUT2D eigenvalue weighted by atomic mass is 32.3. The molecule has 2 N–H and O–H groups in total. The maximum atomic E-state index is 10.7. The van der Waals surface area contributed by atoms with E-state index >= 15 is 0 Å². The molecule has 5 nitrogen and oxygen atoms in total. The molecule has 0 unspecified atom stereocenters. The zero-order chi connectivity index (χ0) is 11.0. The Labute approximate surface area is 84.7 Å². The normalized spacial score (nSPS) is 13.8. The van der Waals surface area contributed by atoms with Gasteiger partial charge in [-0.1, -0.05) is 11.6 Å². The van der Waals surface area contributed by atoms with Crippen molar-refractivity contribution in [1.29, 1.82) is 0 Å². The van der Waals surface area contributed by atoms with E-state index in [0.29, 0.717) is 0 Å². The third kappa shape index (κ3) is 6.79. The number of quaternary nitrogens is 1. The Balaban J connectivity index is 3.73. The zero-order valence-electron chi connectivity index (χ0n) is 8.56. The van der Waals surface area contributed by atoms with E-state index in [1.165, 1.54) is 0 Å². The monoisotopic (exact) mass is 222 g/mol. The van der Waals surface area contributed by atoms with Gasteiger partial charge in [-0.05, 0) is 19.9 Å². The summed E-state index contributed by atoms with van der Waals surface area (Å²) in [4.78, 5) is 0. The SMILES string of the molecule is CC=C(C)C=C[NH2+]COS(=O)(=O)OC. The van der Waals surface area contributed by atoms with Crippen molar-refractivity contribution in [3.05, 3.63) is 23.9 Å². The van der Waals surface area contributed by atoms with Gasteiger partial charge in [0.2, 0.25) is 6.73 Å². The Hall–Kier alpha value is -0.690. The quantitative estimate of drug-likeness (QED) is 0.387. The van der Waals surface area contributed by atoms with Crippen LogP contribution < -0.4 is 5.32 Å². The molecule has 0 bridgehead atoms. The lowest BCUT2D eigenvalue weighted by molar-refractivity contribution is -0.616. The van der Waals surface area contributed by atoms with E-state index in [1.54, 1.807) is 11.5 Å². The third-order valence-corrected chi connectivity index (χ3v) is 2.30. The summed E-state index contributed by atoms with van der Waals surface area (Å²) >= 11 is 0. The number of hydrogen-bond donors (Lipinski definition) is 1. The molecule has 0 aliphatic heterocycles. The molecule has 0 amide bonds. The van der Waals surface area contributed by atoms with E-state index in [-0.39, 0.29) is 6.73 Å². The maximum Gasteiger partial charge on any atom is 0.404 e. The van der Waals surface area contributed by atoms with Crippen LogP contribution in [0.3, 0.4) is 0 Å². The molecule has 14 heavy (non-hydrogen) atoms. The van der Waals surface area contributed by atoms with E-state index in [1.807, 2.05) is 26.0 Å². The van der Waals surface area contributed by atoms with Gasteiger partial charge < -0.3 is 0 Å². The van der Waals surface area contributed by atoms with Crippen molar-refractivity contribution in [2.24, 2.45) is 0 Å². The van der Waals surface area contributed by atoms with Gasteiger partial charge in [0.25, 0.3) is 0 Å². The van der Waals surface area contributed by atoms with Gasteiger partial charge in [0, 0.05) is 0 Å². The van der Waals surface area contributed by atoms with E-state index in [9.17, 15) is 8.42 Å². The van der Waals surface area contributed by atoms with Crippen LogP contribution in [0.4, 0.5) is 0 Å². The Morgan fingerprint density at radius 1 is 1.50 bits per heavy atom. The summed E-state index contributed by atoms with van der Waals surface area (Å²) in [7, 11) is -2.75. The first-order valence-corrected chi connectivity index (χ1v) is 5.43. The van der Waals surface area contributed by atoms with Crippen LogP contribution in [0, 0.1) is 0 Å². The summed E-state index contributed by atoms with van der Waals surface area (Å²) in [6, 6.07) is 0. The van der Waals surface area contributed by atoms with Gasteiger partial charge in [-0.2, -0.15) is 12.6 Å². The van der Waals surface area contributed by atoms with Crippen molar-refractivity contribution < 1.29 is 22.1 Å². The van der Waals surface area contributed by atoms with Gasteiger partial charge in [0.15, 0.2) is 0 Å². The molecule has 0 saturated heterocycles. The molecule has 0 radical (unpaired) electrons. The van der Waals surface area contributed by atoms with Gasteiger partial charge in [0.1, 0.15) is 0 Å². The fourth-order valence-electron chi connectivity index (χ4n) is 0.542. The van der Waals surface area contributed by atoms with Crippen LogP contribution in [0.15, 0.2) is 23.9 Å². The lowest BCUT2D eigenvalue weighted by atomic mass is 10.3.